The molecule has 0 aliphatic heterocycles. The highest BCUT2D eigenvalue weighted by Gasteiger charge is 2.22. The van der Waals surface area contributed by atoms with Gasteiger partial charge in [0.25, 0.3) is 5.91 Å². The molecule has 1 aromatic heterocycles. The predicted octanol–water partition coefficient (Wildman–Crippen LogP) is 3.80. The molecule has 0 saturated heterocycles. The Morgan fingerprint density at radius 3 is 2.75 bits per heavy atom. The number of carbonyl (C=O) groups excluding carboxylic acids is 1. The highest BCUT2D eigenvalue weighted by Crippen LogP contribution is 2.38. The fraction of sp³-hybridized carbons (Fsp3) is 0.278. The lowest BCUT2D eigenvalue weighted by Gasteiger charge is -2.09. The number of thiophene rings is 1. The molecule has 1 amide bonds. The highest BCUT2D eigenvalue weighted by molar-refractivity contribution is 7.80. The van der Waals surface area contributed by atoms with Crippen LogP contribution in [-0.4, -0.2) is 11.0 Å². The first-order valence-corrected chi connectivity index (χ1v) is 9.10. The number of amides is 1. The number of anilines is 1. The molecular weight excluding hydrogens is 338 g/mol. The zero-order chi connectivity index (χ0) is 17.1. The Kier molecular flexibility index (Phi) is 4.93. The van der Waals surface area contributed by atoms with Crippen molar-refractivity contribution in [2.45, 2.75) is 32.6 Å². The van der Waals surface area contributed by atoms with Crippen molar-refractivity contribution in [3.8, 4) is 6.07 Å². The molecule has 4 nitrogen and oxygen atoms in total. The second-order valence-corrected chi connectivity index (χ2v) is 7.15. The second-order valence-electron chi connectivity index (χ2n) is 5.63. The van der Waals surface area contributed by atoms with E-state index >= 15 is 0 Å². The number of nitrogens with zero attached hydrogens (tertiary/aromatic N) is 1. The standard InChI is InChI=1S/C18H17N3OS2/c1-2-11-6-8-12(9-7-11)16(22)20-18(23)21-17-14(10-19)13-4-3-5-15(13)24-17/h6-9H,2-5H2,1H3,(H2,20,21,22,23). The number of aryl methyl sites for hydroxylation is 2. The van der Waals surface area contributed by atoms with Gasteiger partial charge in [-0.2, -0.15) is 5.26 Å². The molecule has 0 spiro atoms. The van der Waals surface area contributed by atoms with Crippen LogP contribution in [0.15, 0.2) is 24.3 Å². The van der Waals surface area contributed by atoms with Crippen LogP contribution in [0.1, 0.15) is 45.3 Å². The van der Waals surface area contributed by atoms with Gasteiger partial charge in [-0.3, -0.25) is 10.1 Å². The first kappa shape index (κ1) is 16.6. The Morgan fingerprint density at radius 1 is 1.33 bits per heavy atom. The van der Waals surface area contributed by atoms with Gasteiger partial charge in [-0.05, 0) is 61.2 Å². The van der Waals surface area contributed by atoms with Gasteiger partial charge in [-0.25, -0.2) is 0 Å². The van der Waals surface area contributed by atoms with Crippen LogP contribution in [0.5, 0.6) is 0 Å². The molecule has 0 fully saturated rings. The maximum Gasteiger partial charge on any atom is 0.257 e. The Balaban J connectivity index is 1.67. The van der Waals surface area contributed by atoms with Crippen molar-refractivity contribution in [1.29, 1.82) is 5.26 Å². The van der Waals surface area contributed by atoms with E-state index in [4.69, 9.17) is 12.2 Å². The number of carbonyl (C=O) groups is 1. The lowest BCUT2D eigenvalue weighted by atomic mass is 10.1. The van der Waals surface area contributed by atoms with Crippen LogP contribution < -0.4 is 10.6 Å². The molecule has 0 atom stereocenters. The molecule has 1 aliphatic carbocycles. The van der Waals surface area contributed by atoms with E-state index < -0.39 is 0 Å². The smallest absolute Gasteiger partial charge is 0.257 e. The Morgan fingerprint density at radius 2 is 2.08 bits per heavy atom. The number of hydrogen-bond donors (Lipinski definition) is 2. The van der Waals surface area contributed by atoms with Crippen LogP contribution in [-0.2, 0) is 19.3 Å². The molecule has 3 rings (SSSR count). The fourth-order valence-electron chi connectivity index (χ4n) is 2.81. The Bertz CT molecular complexity index is 831. The molecule has 0 saturated carbocycles. The monoisotopic (exact) mass is 355 g/mol. The number of rotatable bonds is 3. The van der Waals surface area contributed by atoms with E-state index in [2.05, 4.69) is 23.6 Å². The van der Waals surface area contributed by atoms with Gasteiger partial charge < -0.3 is 5.32 Å². The number of nitriles is 1. The van der Waals surface area contributed by atoms with Crippen molar-refractivity contribution in [3.63, 3.8) is 0 Å². The maximum absolute atomic E-state index is 12.2. The van der Waals surface area contributed by atoms with Crippen LogP contribution in [0.25, 0.3) is 0 Å². The first-order chi connectivity index (χ1) is 11.6. The zero-order valence-corrected chi connectivity index (χ0v) is 14.9. The molecular formula is C18H17N3OS2. The minimum absolute atomic E-state index is 0.219. The maximum atomic E-state index is 12.2. The van der Waals surface area contributed by atoms with Gasteiger partial charge in [-0.15, -0.1) is 11.3 Å². The Hall–Kier alpha value is -2.23. The number of nitrogens with one attached hydrogen (secondary N) is 2. The number of benzene rings is 1. The third-order valence-electron chi connectivity index (χ3n) is 4.11. The average Bonchev–Trinajstić information content (AvgIpc) is 3.15. The molecule has 24 heavy (non-hydrogen) atoms. The van der Waals surface area contributed by atoms with Gasteiger partial charge in [0.1, 0.15) is 11.1 Å². The third kappa shape index (κ3) is 3.32. The number of thiocarbonyl (C=S) groups is 1. The van der Waals surface area contributed by atoms with Crippen LogP contribution in [0, 0.1) is 11.3 Å². The normalized spacial score (nSPS) is 12.3. The molecule has 1 heterocycles. The number of hydrogen-bond acceptors (Lipinski definition) is 4. The molecule has 1 aliphatic rings. The first-order valence-electron chi connectivity index (χ1n) is 7.88. The van der Waals surface area contributed by atoms with Gasteiger partial charge >= 0.3 is 0 Å². The summed E-state index contributed by atoms with van der Waals surface area (Å²) in [5.41, 5.74) is 3.54. The highest BCUT2D eigenvalue weighted by atomic mass is 32.1. The van der Waals surface area contributed by atoms with Crippen LogP contribution >= 0.6 is 23.6 Å². The summed E-state index contributed by atoms with van der Waals surface area (Å²) in [7, 11) is 0. The topological polar surface area (TPSA) is 64.9 Å². The van der Waals surface area contributed by atoms with Crippen molar-refractivity contribution >= 4 is 39.6 Å². The minimum Gasteiger partial charge on any atom is -0.323 e. The SMILES string of the molecule is CCc1ccc(C(=O)NC(=S)Nc2sc3c(c2C#N)CCC3)cc1. The van der Waals surface area contributed by atoms with E-state index in [9.17, 15) is 10.1 Å². The zero-order valence-electron chi connectivity index (χ0n) is 13.3. The van der Waals surface area contributed by atoms with E-state index in [0.717, 1.165) is 36.2 Å². The molecule has 0 bridgehead atoms. The molecule has 122 valence electrons. The van der Waals surface area contributed by atoms with E-state index in [1.54, 1.807) is 23.5 Å². The number of fused-ring (bicyclic) bond motifs is 1. The van der Waals surface area contributed by atoms with Crippen LogP contribution in [0.3, 0.4) is 0 Å². The van der Waals surface area contributed by atoms with Gasteiger partial charge in [0.15, 0.2) is 5.11 Å². The molecule has 0 radical (unpaired) electrons. The largest absolute Gasteiger partial charge is 0.323 e. The molecule has 2 aromatic rings. The fourth-order valence-corrected chi connectivity index (χ4v) is 4.32. The molecule has 6 heteroatoms. The van der Waals surface area contributed by atoms with Crippen LogP contribution in [0.2, 0.25) is 0 Å². The van der Waals surface area contributed by atoms with Crippen LogP contribution in [0.4, 0.5) is 5.00 Å². The van der Waals surface area contributed by atoms with Gasteiger partial charge in [0, 0.05) is 10.4 Å². The minimum atomic E-state index is -0.252. The van der Waals surface area contributed by atoms with E-state index in [1.807, 2.05) is 12.1 Å². The van der Waals surface area contributed by atoms with Crippen molar-refractivity contribution in [2.75, 3.05) is 5.32 Å². The van der Waals surface area contributed by atoms with Gasteiger partial charge in [-0.1, -0.05) is 19.1 Å². The molecule has 0 unspecified atom stereocenters. The third-order valence-corrected chi connectivity index (χ3v) is 5.52. The summed E-state index contributed by atoms with van der Waals surface area (Å²) in [5.74, 6) is -0.252. The van der Waals surface area contributed by atoms with Gasteiger partial charge in [0.2, 0.25) is 0 Å². The van der Waals surface area contributed by atoms with E-state index in [-0.39, 0.29) is 11.0 Å². The van der Waals surface area contributed by atoms with Crippen molar-refractivity contribution in [2.24, 2.45) is 0 Å². The summed E-state index contributed by atoms with van der Waals surface area (Å²) in [6.45, 7) is 2.07. The quantitative estimate of drug-likeness (QED) is 0.822. The van der Waals surface area contributed by atoms with E-state index in [0.29, 0.717) is 11.1 Å². The summed E-state index contributed by atoms with van der Waals surface area (Å²) in [6.07, 6.45) is 3.99. The summed E-state index contributed by atoms with van der Waals surface area (Å²) in [5, 5.41) is 16.0. The summed E-state index contributed by atoms with van der Waals surface area (Å²) in [6, 6.07) is 9.70. The van der Waals surface area contributed by atoms with Gasteiger partial charge in [0.05, 0.1) is 5.56 Å². The lowest BCUT2D eigenvalue weighted by molar-refractivity contribution is 0.0977. The second kappa shape index (κ2) is 7.12. The van der Waals surface area contributed by atoms with E-state index in [1.165, 1.54) is 10.4 Å². The summed E-state index contributed by atoms with van der Waals surface area (Å²) < 4.78 is 0. The molecule has 1 aromatic carbocycles. The Labute approximate surface area is 150 Å². The van der Waals surface area contributed by atoms with Crippen molar-refractivity contribution < 1.29 is 4.79 Å². The summed E-state index contributed by atoms with van der Waals surface area (Å²) >= 11 is 6.79. The predicted molar refractivity (Wildman–Crippen MR) is 101 cm³/mol. The summed E-state index contributed by atoms with van der Waals surface area (Å²) in [4.78, 5) is 13.5. The molecule has 2 N–H and O–H groups in total. The average molecular weight is 355 g/mol. The van der Waals surface area contributed by atoms with Crippen molar-refractivity contribution in [1.82, 2.24) is 5.32 Å². The lowest BCUT2D eigenvalue weighted by Crippen LogP contribution is -2.34. The van der Waals surface area contributed by atoms with Crippen molar-refractivity contribution in [3.05, 3.63) is 51.4 Å².